The van der Waals surface area contributed by atoms with Gasteiger partial charge in [0.05, 0.1) is 0 Å². The molecule has 4 heteroatoms. The molecule has 0 saturated carbocycles. The highest BCUT2D eigenvalue weighted by molar-refractivity contribution is 5.93. The second kappa shape index (κ2) is 8.09. The van der Waals surface area contributed by atoms with Crippen molar-refractivity contribution in [2.24, 2.45) is 11.8 Å². The van der Waals surface area contributed by atoms with E-state index in [9.17, 15) is 9.59 Å². The number of rotatable bonds is 8. The average molecular weight is 243 g/mol. The number of nitrogens with zero attached hydrogens (tertiary/aromatic N) is 1. The molecule has 0 bridgehead atoms. The van der Waals surface area contributed by atoms with Crippen LogP contribution in [0.1, 0.15) is 47.0 Å². The number of carboxylic acid groups (broad SMARTS) is 1. The lowest BCUT2D eigenvalue weighted by Crippen LogP contribution is -2.35. The molecule has 0 saturated heterocycles. The molecule has 4 nitrogen and oxygen atoms in total. The van der Waals surface area contributed by atoms with E-state index < -0.39 is 12.4 Å². The van der Waals surface area contributed by atoms with E-state index in [0.29, 0.717) is 24.9 Å². The van der Waals surface area contributed by atoms with Crippen LogP contribution in [0.2, 0.25) is 0 Å². The van der Waals surface area contributed by atoms with Gasteiger partial charge in [-0.25, -0.2) is 0 Å². The van der Waals surface area contributed by atoms with E-state index in [0.717, 1.165) is 12.8 Å². The van der Waals surface area contributed by atoms with Crippen molar-refractivity contribution in [2.75, 3.05) is 13.1 Å². The van der Waals surface area contributed by atoms with Gasteiger partial charge in [-0.15, -0.1) is 0 Å². The van der Waals surface area contributed by atoms with Gasteiger partial charge >= 0.3 is 5.97 Å². The van der Waals surface area contributed by atoms with Crippen LogP contribution < -0.4 is 0 Å². The highest BCUT2D eigenvalue weighted by atomic mass is 16.4. The molecule has 17 heavy (non-hydrogen) atoms. The first kappa shape index (κ1) is 15.9. The topological polar surface area (TPSA) is 57.6 Å². The summed E-state index contributed by atoms with van der Waals surface area (Å²) in [7, 11) is 0. The summed E-state index contributed by atoms with van der Waals surface area (Å²) in [5.74, 6) is -0.267. The third-order valence-electron chi connectivity index (χ3n) is 2.61. The molecule has 0 fully saturated rings. The fourth-order valence-corrected chi connectivity index (χ4v) is 1.43. The van der Waals surface area contributed by atoms with Crippen LogP contribution in [0.15, 0.2) is 0 Å². The summed E-state index contributed by atoms with van der Waals surface area (Å²) in [6.07, 6.45) is 1.45. The molecule has 0 aromatic rings. The molecule has 0 aromatic carbocycles. The highest BCUT2D eigenvalue weighted by Gasteiger charge is 2.17. The molecule has 0 aromatic heterocycles. The molecule has 1 N–H and O–H groups in total. The zero-order chi connectivity index (χ0) is 13.4. The van der Waals surface area contributed by atoms with Gasteiger partial charge in [-0.3, -0.25) is 9.59 Å². The standard InChI is InChI=1S/C13H25NO3/c1-10(2)5-7-14(8-6-11(3)4)12(15)9-13(16)17/h10-11H,5-9H2,1-4H3,(H,16,17). The number of carbonyl (C=O) groups is 2. The van der Waals surface area contributed by atoms with Gasteiger partial charge in [0.1, 0.15) is 6.42 Å². The van der Waals surface area contributed by atoms with E-state index in [1.54, 1.807) is 4.90 Å². The Kier molecular flexibility index (Phi) is 7.59. The second-order valence-corrected chi connectivity index (χ2v) is 5.32. The number of hydrogen-bond donors (Lipinski definition) is 1. The van der Waals surface area contributed by atoms with Crippen LogP contribution in [0.3, 0.4) is 0 Å². The molecule has 0 aliphatic rings. The number of hydrogen-bond acceptors (Lipinski definition) is 2. The van der Waals surface area contributed by atoms with E-state index in [1.165, 1.54) is 0 Å². The van der Waals surface area contributed by atoms with Crippen LogP contribution in [0.25, 0.3) is 0 Å². The Bertz CT molecular complexity index is 237. The van der Waals surface area contributed by atoms with Crippen molar-refractivity contribution in [2.45, 2.75) is 47.0 Å². The maximum atomic E-state index is 11.7. The number of aliphatic carboxylic acids is 1. The minimum atomic E-state index is -1.05. The van der Waals surface area contributed by atoms with Crippen LogP contribution >= 0.6 is 0 Å². The Morgan fingerprint density at radius 3 is 1.71 bits per heavy atom. The van der Waals surface area contributed by atoms with Crippen LogP contribution in [0.4, 0.5) is 0 Å². The van der Waals surface area contributed by atoms with Gasteiger partial charge in [0.25, 0.3) is 0 Å². The Morgan fingerprint density at radius 1 is 1.00 bits per heavy atom. The van der Waals surface area contributed by atoms with E-state index in [-0.39, 0.29) is 5.91 Å². The fourth-order valence-electron chi connectivity index (χ4n) is 1.43. The highest BCUT2D eigenvalue weighted by Crippen LogP contribution is 2.08. The fraction of sp³-hybridized carbons (Fsp3) is 0.846. The van der Waals surface area contributed by atoms with Crippen LogP contribution in [-0.4, -0.2) is 35.0 Å². The molecule has 0 aliphatic carbocycles. The normalized spacial score (nSPS) is 10.9. The molecule has 0 atom stereocenters. The maximum absolute atomic E-state index is 11.7. The summed E-state index contributed by atoms with van der Waals surface area (Å²) >= 11 is 0. The molecule has 0 radical (unpaired) electrons. The first-order valence-corrected chi connectivity index (χ1v) is 6.32. The molecule has 1 amide bonds. The zero-order valence-corrected chi connectivity index (χ0v) is 11.4. The summed E-state index contributed by atoms with van der Waals surface area (Å²) in [5.41, 5.74) is 0. The van der Waals surface area contributed by atoms with Gasteiger partial charge in [-0.05, 0) is 24.7 Å². The Morgan fingerprint density at radius 2 is 1.41 bits per heavy atom. The molecule has 0 aliphatic heterocycles. The molecule has 0 spiro atoms. The van der Waals surface area contributed by atoms with Gasteiger partial charge < -0.3 is 10.0 Å². The van der Waals surface area contributed by atoms with Crippen molar-refractivity contribution in [3.05, 3.63) is 0 Å². The quantitative estimate of drug-likeness (QED) is 0.666. The minimum Gasteiger partial charge on any atom is -0.481 e. The molecular formula is C13H25NO3. The predicted molar refractivity (Wildman–Crippen MR) is 67.7 cm³/mol. The van der Waals surface area contributed by atoms with Gasteiger partial charge in [-0.1, -0.05) is 27.7 Å². The van der Waals surface area contributed by atoms with Crippen molar-refractivity contribution in [3.8, 4) is 0 Å². The van der Waals surface area contributed by atoms with E-state index in [4.69, 9.17) is 5.11 Å². The van der Waals surface area contributed by atoms with E-state index >= 15 is 0 Å². The van der Waals surface area contributed by atoms with Gasteiger partial charge in [-0.2, -0.15) is 0 Å². The third kappa shape index (κ3) is 8.72. The summed E-state index contributed by atoms with van der Waals surface area (Å²) in [6, 6.07) is 0. The van der Waals surface area contributed by atoms with Crippen LogP contribution in [0.5, 0.6) is 0 Å². The van der Waals surface area contributed by atoms with Crippen molar-refractivity contribution in [3.63, 3.8) is 0 Å². The van der Waals surface area contributed by atoms with Gasteiger partial charge in [0, 0.05) is 13.1 Å². The monoisotopic (exact) mass is 243 g/mol. The van der Waals surface area contributed by atoms with E-state index in [2.05, 4.69) is 27.7 Å². The Labute approximate surface area is 104 Å². The SMILES string of the molecule is CC(C)CCN(CCC(C)C)C(=O)CC(=O)O. The van der Waals surface area contributed by atoms with Crippen LogP contribution in [-0.2, 0) is 9.59 Å². The third-order valence-corrected chi connectivity index (χ3v) is 2.61. The lowest BCUT2D eigenvalue weighted by molar-refractivity contribution is -0.144. The number of amides is 1. The largest absolute Gasteiger partial charge is 0.481 e. The lowest BCUT2D eigenvalue weighted by atomic mass is 10.1. The number of carbonyl (C=O) groups excluding carboxylic acids is 1. The van der Waals surface area contributed by atoms with Crippen molar-refractivity contribution in [1.82, 2.24) is 4.90 Å². The zero-order valence-electron chi connectivity index (χ0n) is 11.4. The minimum absolute atomic E-state index is 0.265. The Hall–Kier alpha value is -1.06. The average Bonchev–Trinajstić information content (AvgIpc) is 2.15. The van der Waals surface area contributed by atoms with Crippen molar-refractivity contribution in [1.29, 1.82) is 0 Å². The van der Waals surface area contributed by atoms with Crippen molar-refractivity contribution < 1.29 is 14.7 Å². The molecule has 100 valence electrons. The molecule has 0 heterocycles. The number of carboxylic acids is 1. The van der Waals surface area contributed by atoms with E-state index in [1.807, 2.05) is 0 Å². The molecular weight excluding hydrogens is 218 g/mol. The maximum Gasteiger partial charge on any atom is 0.312 e. The van der Waals surface area contributed by atoms with Crippen LogP contribution in [0, 0.1) is 11.8 Å². The molecule has 0 unspecified atom stereocenters. The molecule has 0 rings (SSSR count). The van der Waals surface area contributed by atoms with Gasteiger partial charge in [0.15, 0.2) is 0 Å². The lowest BCUT2D eigenvalue weighted by Gasteiger charge is -2.24. The first-order valence-electron chi connectivity index (χ1n) is 6.32. The summed E-state index contributed by atoms with van der Waals surface area (Å²) < 4.78 is 0. The summed E-state index contributed by atoms with van der Waals surface area (Å²) in [4.78, 5) is 24.0. The Balaban J connectivity index is 4.27. The second-order valence-electron chi connectivity index (χ2n) is 5.32. The summed E-state index contributed by atoms with van der Waals surface area (Å²) in [5, 5.41) is 8.64. The first-order chi connectivity index (χ1) is 7.82. The summed E-state index contributed by atoms with van der Waals surface area (Å²) in [6.45, 7) is 9.72. The predicted octanol–water partition coefficient (Wildman–Crippen LogP) is 2.38. The van der Waals surface area contributed by atoms with Gasteiger partial charge in [0.2, 0.25) is 5.91 Å². The van der Waals surface area contributed by atoms with Crippen molar-refractivity contribution >= 4 is 11.9 Å². The smallest absolute Gasteiger partial charge is 0.312 e.